The van der Waals surface area contributed by atoms with Crippen molar-refractivity contribution < 1.29 is 8.42 Å². The van der Waals surface area contributed by atoms with Gasteiger partial charge in [-0.15, -0.1) is 11.3 Å². The lowest BCUT2D eigenvalue weighted by Gasteiger charge is -2.35. The van der Waals surface area contributed by atoms with Gasteiger partial charge >= 0.3 is 0 Å². The second-order valence-corrected chi connectivity index (χ2v) is 10.2. The molecule has 28 heavy (non-hydrogen) atoms. The summed E-state index contributed by atoms with van der Waals surface area (Å²) in [6, 6.07) is 7.48. The molecular weight excluding hydrogens is 420 g/mol. The average molecular weight is 439 g/mol. The van der Waals surface area contributed by atoms with Gasteiger partial charge in [0.25, 0.3) is 15.6 Å². The molecule has 7 nitrogen and oxygen atoms in total. The first-order valence-corrected chi connectivity index (χ1v) is 11.4. The van der Waals surface area contributed by atoms with Gasteiger partial charge in [-0.3, -0.25) is 9.20 Å². The lowest BCUT2D eigenvalue weighted by molar-refractivity contribution is 0.384. The zero-order valence-electron chi connectivity index (χ0n) is 15.4. The maximum Gasteiger partial charge on any atom is 0.279 e. The minimum Gasteiger partial charge on any atom is -0.369 e. The van der Waals surface area contributed by atoms with E-state index in [1.165, 1.54) is 20.0 Å². The van der Waals surface area contributed by atoms with Crippen molar-refractivity contribution in [3.05, 3.63) is 56.4 Å². The van der Waals surface area contributed by atoms with Gasteiger partial charge in [-0.2, -0.15) is 4.31 Å². The van der Waals surface area contributed by atoms with Crippen LogP contribution in [-0.4, -0.2) is 48.3 Å². The van der Waals surface area contributed by atoms with Crippen LogP contribution in [0, 0.1) is 13.8 Å². The molecule has 3 heterocycles. The SMILES string of the molecule is Cc1cn2c(=O)c(S(=O)(=O)N3CCN(c4cccc(Cl)c4)CC3)c(C)nc2s1. The molecular formula is C18H19ClN4O3S2. The molecule has 0 saturated carbocycles. The van der Waals surface area contributed by atoms with E-state index in [1.54, 1.807) is 19.2 Å². The number of aromatic nitrogens is 2. The number of sulfonamides is 1. The summed E-state index contributed by atoms with van der Waals surface area (Å²) in [5, 5.41) is 0.640. The molecule has 1 saturated heterocycles. The van der Waals surface area contributed by atoms with E-state index in [9.17, 15) is 13.2 Å². The summed E-state index contributed by atoms with van der Waals surface area (Å²) < 4.78 is 29.1. The highest BCUT2D eigenvalue weighted by molar-refractivity contribution is 7.89. The van der Waals surface area contributed by atoms with E-state index in [0.29, 0.717) is 36.2 Å². The Balaban J connectivity index is 1.63. The van der Waals surface area contributed by atoms with Gasteiger partial charge in [0, 0.05) is 48.0 Å². The van der Waals surface area contributed by atoms with Gasteiger partial charge in [-0.25, -0.2) is 13.4 Å². The highest BCUT2D eigenvalue weighted by Gasteiger charge is 2.33. The summed E-state index contributed by atoms with van der Waals surface area (Å²) in [6.07, 6.45) is 1.63. The fraction of sp³-hybridized carbons (Fsp3) is 0.333. The summed E-state index contributed by atoms with van der Waals surface area (Å²) in [7, 11) is -3.93. The van der Waals surface area contributed by atoms with Crippen LogP contribution in [0.15, 0.2) is 40.2 Å². The number of halogens is 1. The molecule has 0 N–H and O–H groups in total. The molecule has 148 valence electrons. The largest absolute Gasteiger partial charge is 0.369 e. The molecule has 0 unspecified atom stereocenters. The minimum atomic E-state index is -3.93. The molecule has 0 radical (unpaired) electrons. The Morgan fingerprint density at radius 2 is 1.86 bits per heavy atom. The van der Waals surface area contributed by atoms with Gasteiger partial charge in [0.1, 0.15) is 0 Å². The first-order chi connectivity index (χ1) is 13.3. The summed E-state index contributed by atoms with van der Waals surface area (Å²) in [5.41, 5.74) is 0.658. The van der Waals surface area contributed by atoms with Crippen LogP contribution in [0.25, 0.3) is 4.96 Å². The van der Waals surface area contributed by atoms with Crippen LogP contribution < -0.4 is 10.5 Å². The summed E-state index contributed by atoms with van der Waals surface area (Å²) in [4.78, 5) is 20.5. The van der Waals surface area contributed by atoms with E-state index in [-0.39, 0.29) is 10.6 Å². The third-order valence-electron chi connectivity index (χ3n) is 4.78. The summed E-state index contributed by atoms with van der Waals surface area (Å²) in [6.45, 7) is 5.06. The molecule has 4 rings (SSSR count). The number of anilines is 1. The fourth-order valence-corrected chi connectivity index (χ4v) is 6.11. The number of thiazole rings is 1. The number of fused-ring (bicyclic) bond motifs is 1. The van der Waals surface area contributed by atoms with E-state index >= 15 is 0 Å². The van der Waals surface area contributed by atoms with E-state index in [0.717, 1.165) is 10.6 Å². The van der Waals surface area contributed by atoms with Crippen LogP contribution in [-0.2, 0) is 10.0 Å². The first kappa shape index (κ1) is 19.4. The number of hydrogen-bond acceptors (Lipinski definition) is 6. The summed E-state index contributed by atoms with van der Waals surface area (Å²) >= 11 is 7.41. The standard InChI is InChI=1S/C18H19ClN4O3S2/c1-12-11-23-17(24)16(13(2)20-18(23)27-12)28(25,26)22-8-6-21(7-9-22)15-5-3-4-14(19)10-15/h3-5,10-11H,6-9H2,1-2H3. The highest BCUT2D eigenvalue weighted by atomic mass is 35.5. The molecule has 1 aromatic carbocycles. The van der Waals surface area contributed by atoms with Gasteiger partial charge in [-0.1, -0.05) is 17.7 Å². The topological polar surface area (TPSA) is 75.0 Å². The van der Waals surface area contributed by atoms with Gasteiger partial charge in [0.05, 0.1) is 5.69 Å². The molecule has 0 bridgehead atoms. The Labute approximate surface area is 171 Å². The summed E-state index contributed by atoms with van der Waals surface area (Å²) in [5.74, 6) is 0. The minimum absolute atomic E-state index is 0.237. The predicted octanol–water partition coefficient (Wildman–Crippen LogP) is 2.54. The van der Waals surface area contributed by atoms with E-state index in [4.69, 9.17) is 11.6 Å². The number of nitrogens with zero attached hydrogens (tertiary/aromatic N) is 4. The number of hydrogen-bond donors (Lipinski definition) is 0. The lowest BCUT2D eigenvalue weighted by atomic mass is 10.2. The maximum absolute atomic E-state index is 13.2. The fourth-order valence-electron chi connectivity index (χ4n) is 3.42. The Kier molecular flexibility index (Phi) is 4.95. The monoisotopic (exact) mass is 438 g/mol. The quantitative estimate of drug-likeness (QED) is 0.628. The third-order valence-corrected chi connectivity index (χ3v) is 7.95. The Bertz CT molecular complexity index is 1210. The van der Waals surface area contributed by atoms with Crippen molar-refractivity contribution in [3.8, 4) is 0 Å². The molecule has 2 aromatic heterocycles. The molecule has 0 atom stereocenters. The molecule has 0 spiro atoms. The molecule has 3 aromatic rings. The van der Waals surface area contributed by atoms with Crippen molar-refractivity contribution in [3.63, 3.8) is 0 Å². The predicted molar refractivity (Wildman–Crippen MR) is 111 cm³/mol. The van der Waals surface area contributed by atoms with E-state index in [1.807, 2.05) is 25.1 Å². The number of benzene rings is 1. The van der Waals surface area contributed by atoms with Crippen molar-refractivity contribution in [2.45, 2.75) is 18.7 Å². The zero-order valence-corrected chi connectivity index (χ0v) is 17.8. The normalized spacial score (nSPS) is 16.0. The number of aryl methyl sites for hydroxylation is 2. The van der Waals surface area contributed by atoms with Crippen LogP contribution >= 0.6 is 22.9 Å². The van der Waals surface area contributed by atoms with Crippen molar-refractivity contribution in [2.75, 3.05) is 31.1 Å². The van der Waals surface area contributed by atoms with Crippen molar-refractivity contribution in [1.29, 1.82) is 0 Å². The van der Waals surface area contributed by atoms with Crippen molar-refractivity contribution >= 4 is 43.6 Å². The Hall–Kier alpha value is -1.94. The van der Waals surface area contributed by atoms with Crippen molar-refractivity contribution in [1.82, 2.24) is 13.7 Å². The van der Waals surface area contributed by atoms with Crippen LogP contribution in [0.5, 0.6) is 0 Å². The van der Waals surface area contributed by atoms with E-state index in [2.05, 4.69) is 9.88 Å². The Morgan fingerprint density at radius 3 is 2.54 bits per heavy atom. The third kappa shape index (κ3) is 3.32. The van der Waals surface area contributed by atoms with Crippen LogP contribution in [0.1, 0.15) is 10.6 Å². The second-order valence-electron chi connectivity index (χ2n) is 6.70. The zero-order chi connectivity index (χ0) is 20.1. The second kappa shape index (κ2) is 7.14. The van der Waals surface area contributed by atoms with Gasteiger partial charge in [-0.05, 0) is 32.0 Å². The van der Waals surface area contributed by atoms with Crippen LogP contribution in [0.3, 0.4) is 0 Å². The number of piperazine rings is 1. The molecule has 1 fully saturated rings. The van der Waals surface area contributed by atoms with Gasteiger partial charge in [0.15, 0.2) is 9.86 Å². The number of rotatable bonds is 3. The molecule has 0 aliphatic carbocycles. The molecule has 10 heteroatoms. The smallest absolute Gasteiger partial charge is 0.279 e. The van der Waals surface area contributed by atoms with Crippen LogP contribution in [0.4, 0.5) is 5.69 Å². The van der Waals surface area contributed by atoms with Crippen molar-refractivity contribution in [2.24, 2.45) is 0 Å². The maximum atomic E-state index is 13.2. The van der Waals surface area contributed by atoms with Gasteiger partial charge < -0.3 is 4.90 Å². The van der Waals surface area contributed by atoms with Crippen LogP contribution in [0.2, 0.25) is 5.02 Å². The van der Waals surface area contributed by atoms with Gasteiger partial charge in [0.2, 0.25) is 0 Å². The lowest BCUT2D eigenvalue weighted by Crippen LogP contribution is -2.49. The molecule has 0 amide bonds. The van der Waals surface area contributed by atoms with E-state index < -0.39 is 15.6 Å². The highest BCUT2D eigenvalue weighted by Crippen LogP contribution is 2.24. The average Bonchev–Trinajstić information content (AvgIpc) is 3.02. The molecule has 1 aliphatic rings. The first-order valence-electron chi connectivity index (χ1n) is 8.77. The molecule has 1 aliphatic heterocycles. The Morgan fingerprint density at radius 1 is 1.14 bits per heavy atom.